The molecule has 7 heteroatoms. The van der Waals surface area contributed by atoms with Crippen LogP contribution in [0.25, 0.3) is 0 Å². The van der Waals surface area contributed by atoms with Gasteiger partial charge in [-0.25, -0.2) is 0 Å². The number of halogens is 1. The number of carbonyl (C=O) groups excluding carboxylic acids is 2. The maximum Gasteiger partial charge on any atom is 0.309 e. The first kappa shape index (κ1) is 21.1. The van der Waals surface area contributed by atoms with Crippen LogP contribution in [0.3, 0.4) is 0 Å². The Kier molecular flexibility index (Phi) is 6.77. The Balaban J connectivity index is 1.58. The summed E-state index contributed by atoms with van der Waals surface area (Å²) in [6, 6.07) is 13.6. The van der Waals surface area contributed by atoms with Crippen molar-refractivity contribution in [3.05, 3.63) is 64.2 Å². The molecule has 2 aromatic carbocycles. The van der Waals surface area contributed by atoms with Crippen molar-refractivity contribution in [2.45, 2.75) is 19.0 Å². The highest BCUT2D eigenvalue weighted by Gasteiger charge is 2.22. The number of likely N-dealkylation sites (N-methyl/N-ethyl adjacent to an activating group) is 2. The van der Waals surface area contributed by atoms with Crippen molar-refractivity contribution < 1.29 is 9.59 Å². The summed E-state index contributed by atoms with van der Waals surface area (Å²) >= 11 is 6.08. The number of benzene rings is 2. The van der Waals surface area contributed by atoms with Crippen LogP contribution >= 0.6 is 11.6 Å². The van der Waals surface area contributed by atoms with Gasteiger partial charge in [0.05, 0.1) is 6.04 Å². The van der Waals surface area contributed by atoms with E-state index in [4.69, 9.17) is 11.6 Å². The third-order valence-corrected chi connectivity index (χ3v) is 5.67. The molecule has 2 amide bonds. The maximum absolute atomic E-state index is 12.3. The first-order chi connectivity index (χ1) is 13.9. The quantitative estimate of drug-likeness (QED) is 0.712. The number of rotatable bonds is 6. The number of fused-ring (bicyclic) bond motifs is 1. The van der Waals surface area contributed by atoms with Crippen molar-refractivity contribution in [2.24, 2.45) is 0 Å². The summed E-state index contributed by atoms with van der Waals surface area (Å²) < 4.78 is 0. The number of amides is 2. The number of nitrogens with zero attached hydrogens (tertiary/aromatic N) is 2. The lowest BCUT2D eigenvalue weighted by Crippen LogP contribution is -2.42. The van der Waals surface area contributed by atoms with Crippen molar-refractivity contribution in [1.82, 2.24) is 15.5 Å². The molecule has 1 aliphatic heterocycles. The fourth-order valence-electron chi connectivity index (χ4n) is 3.56. The van der Waals surface area contributed by atoms with Gasteiger partial charge in [-0.3, -0.25) is 9.59 Å². The van der Waals surface area contributed by atoms with E-state index in [9.17, 15) is 9.59 Å². The number of nitrogens with one attached hydrogen (secondary N) is 2. The predicted molar refractivity (Wildman–Crippen MR) is 116 cm³/mol. The molecule has 1 heterocycles. The summed E-state index contributed by atoms with van der Waals surface area (Å²) in [5.41, 5.74) is 4.47. The second-order valence-electron chi connectivity index (χ2n) is 7.52. The van der Waals surface area contributed by atoms with Crippen molar-refractivity contribution in [3.8, 4) is 0 Å². The molecule has 1 aliphatic rings. The van der Waals surface area contributed by atoms with Gasteiger partial charge >= 0.3 is 11.8 Å². The zero-order valence-electron chi connectivity index (χ0n) is 17.0. The van der Waals surface area contributed by atoms with Crippen LogP contribution < -0.4 is 15.5 Å². The van der Waals surface area contributed by atoms with Gasteiger partial charge < -0.3 is 20.4 Å². The largest absolute Gasteiger partial charge is 0.374 e. The summed E-state index contributed by atoms with van der Waals surface area (Å²) in [6.45, 7) is 1.58. The Morgan fingerprint density at radius 3 is 2.59 bits per heavy atom. The van der Waals surface area contributed by atoms with Crippen LogP contribution in [0.1, 0.15) is 22.7 Å². The number of hydrogen-bond donors (Lipinski definition) is 2. The van der Waals surface area contributed by atoms with E-state index in [0.29, 0.717) is 11.6 Å². The highest BCUT2D eigenvalue weighted by atomic mass is 35.5. The van der Waals surface area contributed by atoms with Gasteiger partial charge in [0.1, 0.15) is 0 Å². The monoisotopic (exact) mass is 414 g/mol. The molecule has 0 unspecified atom stereocenters. The number of hydrogen-bond acceptors (Lipinski definition) is 4. The number of anilines is 1. The zero-order chi connectivity index (χ0) is 21.0. The van der Waals surface area contributed by atoms with E-state index in [1.54, 1.807) is 6.07 Å². The first-order valence-electron chi connectivity index (χ1n) is 9.66. The van der Waals surface area contributed by atoms with Gasteiger partial charge in [0.15, 0.2) is 0 Å². The molecule has 0 radical (unpaired) electrons. The van der Waals surface area contributed by atoms with Crippen LogP contribution in [0, 0.1) is 0 Å². The summed E-state index contributed by atoms with van der Waals surface area (Å²) in [6.07, 6.45) is 1.02. The Labute approximate surface area is 176 Å². The minimum absolute atomic E-state index is 0.0217. The van der Waals surface area contributed by atoms with Crippen molar-refractivity contribution in [3.63, 3.8) is 0 Å². The maximum atomic E-state index is 12.3. The minimum Gasteiger partial charge on any atom is -0.374 e. The Bertz CT molecular complexity index is 900. The van der Waals surface area contributed by atoms with Gasteiger partial charge in [-0.1, -0.05) is 41.9 Å². The smallest absolute Gasteiger partial charge is 0.309 e. The molecule has 154 valence electrons. The van der Waals surface area contributed by atoms with Gasteiger partial charge in [0.2, 0.25) is 0 Å². The van der Waals surface area contributed by atoms with Gasteiger partial charge in [-0.15, -0.1) is 0 Å². The van der Waals surface area contributed by atoms with Crippen LogP contribution in [0.15, 0.2) is 42.5 Å². The highest BCUT2D eigenvalue weighted by Crippen LogP contribution is 2.30. The lowest BCUT2D eigenvalue weighted by Gasteiger charge is -2.26. The third-order valence-electron chi connectivity index (χ3n) is 5.30. The third kappa shape index (κ3) is 5.08. The van der Waals surface area contributed by atoms with Crippen LogP contribution in [-0.2, 0) is 22.6 Å². The molecule has 0 bridgehead atoms. The molecule has 29 heavy (non-hydrogen) atoms. The van der Waals surface area contributed by atoms with Crippen LogP contribution in [0.2, 0.25) is 5.02 Å². The topological polar surface area (TPSA) is 64.7 Å². The van der Waals surface area contributed by atoms with Crippen LogP contribution in [0.4, 0.5) is 5.69 Å². The van der Waals surface area contributed by atoms with Crippen molar-refractivity contribution in [2.75, 3.05) is 39.1 Å². The summed E-state index contributed by atoms with van der Waals surface area (Å²) in [5.74, 6) is -1.32. The molecular weight excluding hydrogens is 388 g/mol. The summed E-state index contributed by atoms with van der Waals surface area (Å²) in [5, 5.41) is 5.93. The second-order valence-corrected chi connectivity index (χ2v) is 7.93. The molecule has 0 aliphatic carbocycles. The summed E-state index contributed by atoms with van der Waals surface area (Å²) in [4.78, 5) is 28.7. The van der Waals surface area contributed by atoms with Crippen LogP contribution in [0.5, 0.6) is 0 Å². The molecule has 2 N–H and O–H groups in total. The van der Waals surface area contributed by atoms with E-state index in [0.717, 1.165) is 24.1 Å². The van der Waals surface area contributed by atoms with Crippen molar-refractivity contribution in [1.29, 1.82) is 0 Å². The molecule has 2 aromatic rings. The fourth-order valence-corrected chi connectivity index (χ4v) is 3.76. The fraction of sp³-hybridized carbons (Fsp3) is 0.364. The normalized spacial score (nSPS) is 13.9. The van der Waals surface area contributed by atoms with E-state index in [-0.39, 0.29) is 12.6 Å². The SMILES string of the molecule is CN1CCc2cc([C@@H](CNC(=O)C(=O)NCc3ccccc3Cl)N(C)C)ccc21. The molecule has 0 fully saturated rings. The predicted octanol–water partition coefficient (Wildman–Crippen LogP) is 2.37. The van der Waals surface area contributed by atoms with E-state index in [1.807, 2.05) is 37.2 Å². The standard InChI is InChI=1S/C22H27ClN4O2/c1-26(2)20(15-8-9-19-16(12-15)10-11-27(19)3)14-25-22(29)21(28)24-13-17-6-4-5-7-18(17)23/h4-9,12,20H,10-11,13-14H2,1-3H3,(H,24,28)(H,25,29)/t20-/m1/s1. The summed E-state index contributed by atoms with van der Waals surface area (Å²) in [7, 11) is 6.03. The zero-order valence-corrected chi connectivity index (χ0v) is 17.8. The van der Waals surface area contributed by atoms with E-state index in [1.165, 1.54) is 11.3 Å². The lowest BCUT2D eigenvalue weighted by atomic mass is 10.0. The Hall–Kier alpha value is -2.57. The first-order valence-corrected chi connectivity index (χ1v) is 10.0. The van der Waals surface area contributed by atoms with Gasteiger partial charge in [-0.05, 0) is 49.3 Å². The van der Waals surface area contributed by atoms with Gasteiger partial charge in [0.25, 0.3) is 0 Å². The average Bonchev–Trinajstić information content (AvgIpc) is 3.07. The molecular formula is C22H27ClN4O2. The number of carbonyl (C=O) groups is 2. The molecule has 0 spiro atoms. The molecule has 0 aromatic heterocycles. The Morgan fingerprint density at radius 2 is 1.86 bits per heavy atom. The second kappa shape index (κ2) is 9.29. The molecule has 0 saturated carbocycles. The van der Waals surface area contributed by atoms with Gasteiger partial charge in [0, 0.05) is 37.4 Å². The molecule has 0 saturated heterocycles. The van der Waals surface area contributed by atoms with E-state index < -0.39 is 11.8 Å². The van der Waals surface area contributed by atoms with Crippen LogP contribution in [-0.4, -0.2) is 50.9 Å². The van der Waals surface area contributed by atoms with E-state index >= 15 is 0 Å². The Morgan fingerprint density at radius 1 is 1.14 bits per heavy atom. The van der Waals surface area contributed by atoms with Crippen molar-refractivity contribution >= 4 is 29.1 Å². The molecule has 3 rings (SSSR count). The lowest BCUT2D eigenvalue weighted by molar-refractivity contribution is -0.139. The highest BCUT2D eigenvalue weighted by molar-refractivity contribution is 6.35. The molecule has 6 nitrogen and oxygen atoms in total. The minimum atomic E-state index is -0.669. The van der Waals surface area contributed by atoms with Gasteiger partial charge in [-0.2, -0.15) is 0 Å². The average molecular weight is 415 g/mol. The van der Waals surface area contributed by atoms with E-state index in [2.05, 4.69) is 40.8 Å². The molecule has 1 atom stereocenters.